The molecule has 4 atom stereocenters. The van der Waals surface area contributed by atoms with Gasteiger partial charge in [0.15, 0.2) is 0 Å². The molecule has 0 spiro atoms. The molecule has 2 N–H and O–H groups in total. The molecule has 2 aliphatic rings. The summed E-state index contributed by atoms with van der Waals surface area (Å²) in [7, 11) is 0. The average molecular weight is 265 g/mol. The standard InChI is InChI=1S/C15H23NO3/c1-9(2)4-3-7-16-14(17)12-10-5-6-11(8-10)13(12)15(18)19/h5-6,9-13H,3-4,7-8H2,1-2H3,(H,16,17)(H,18,19). The number of carbonyl (C=O) groups excluding carboxylic acids is 1. The monoisotopic (exact) mass is 265 g/mol. The minimum absolute atomic E-state index is 0.0499. The van der Waals surface area contributed by atoms with Gasteiger partial charge in [0, 0.05) is 6.54 Å². The molecule has 4 unspecified atom stereocenters. The molecule has 1 fully saturated rings. The van der Waals surface area contributed by atoms with Crippen LogP contribution in [-0.2, 0) is 9.59 Å². The number of hydrogen-bond donors (Lipinski definition) is 2. The fraction of sp³-hybridized carbons (Fsp3) is 0.733. The van der Waals surface area contributed by atoms with Crippen LogP contribution in [0.4, 0.5) is 0 Å². The van der Waals surface area contributed by atoms with Crippen LogP contribution in [0.1, 0.15) is 33.1 Å². The first-order chi connectivity index (χ1) is 9.00. The second kappa shape index (κ2) is 5.76. The quantitative estimate of drug-likeness (QED) is 0.570. The molecule has 4 heteroatoms. The SMILES string of the molecule is CC(C)CCCNC(=O)C1C2C=CC(C2)C1C(=O)O. The van der Waals surface area contributed by atoms with Crippen molar-refractivity contribution in [2.45, 2.75) is 33.1 Å². The second-order valence-electron chi connectivity index (χ2n) is 6.17. The Kier molecular flexibility index (Phi) is 4.27. The average Bonchev–Trinajstić information content (AvgIpc) is 2.93. The molecule has 0 aromatic carbocycles. The summed E-state index contributed by atoms with van der Waals surface area (Å²) < 4.78 is 0. The summed E-state index contributed by atoms with van der Waals surface area (Å²) in [4.78, 5) is 23.5. The molecule has 2 rings (SSSR count). The number of fused-ring (bicyclic) bond motifs is 2. The molecule has 19 heavy (non-hydrogen) atoms. The lowest BCUT2D eigenvalue weighted by Gasteiger charge is -2.23. The van der Waals surface area contributed by atoms with Crippen molar-refractivity contribution in [3.05, 3.63) is 12.2 Å². The van der Waals surface area contributed by atoms with Gasteiger partial charge in [0.1, 0.15) is 0 Å². The highest BCUT2D eigenvalue weighted by molar-refractivity contribution is 5.86. The van der Waals surface area contributed by atoms with Gasteiger partial charge >= 0.3 is 5.97 Å². The highest BCUT2D eigenvalue weighted by atomic mass is 16.4. The minimum Gasteiger partial charge on any atom is -0.481 e. The first-order valence-electron chi connectivity index (χ1n) is 7.19. The zero-order valence-corrected chi connectivity index (χ0v) is 11.6. The Morgan fingerprint density at radius 3 is 2.47 bits per heavy atom. The van der Waals surface area contributed by atoms with Crippen LogP contribution in [0.15, 0.2) is 12.2 Å². The van der Waals surface area contributed by atoms with E-state index in [-0.39, 0.29) is 23.7 Å². The Labute approximate surface area is 114 Å². The molecule has 0 aromatic heterocycles. The van der Waals surface area contributed by atoms with Gasteiger partial charge in [-0.2, -0.15) is 0 Å². The number of carboxylic acid groups (broad SMARTS) is 1. The lowest BCUT2D eigenvalue weighted by Crippen LogP contribution is -2.40. The molecule has 2 aliphatic carbocycles. The summed E-state index contributed by atoms with van der Waals surface area (Å²) in [5.41, 5.74) is 0. The number of hydrogen-bond acceptors (Lipinski definition) is 2. The van der Waals surface area contributed by atoms with E-state index in [4.69, 9.17) is 0 Å². The number of amides is 1. The third kappa shape index (κ3) is 2.99. The number of aliphatic carboxylic acids is 1. The fourth-order valence-corrected chi connectivity index (χ4v) is 3.36. The topological polar surface area (TPSA) is 66.4 Å². The lowest BCUT2D eigenvalue weighted by atomic mass is 9.82. The summed E-state index contributed by atoms with van der Waals surface area (Å²) >= 11 is 0. The molecule has 0 radical (unpaired) electrons. The van der Waals surface area contributed by atoms with Crippen LogP contribution in [0.5, 0.6) is 0 Å². The maximum absolute atomic E-state index is 12.2. The highest BCUT2D eigenvalue weighted by Gasteiger charge is 2.51. The third-order valence-corrected chi connectivity index (χ3v) is 4.30. The summed E-state index contributed by atoms with van der Waals surface area (Å²) in [6, 6.07) is 0. The zero-order chi connectivity index (χ0) is 14.0. The van der Waals surface area contributed by atoms with Gasteiger partial charge in [-0.15, -0.1) is 0 Å². The van der Waals surface area contributed by atoms with Crippen molar-refractivity contribution < 1.29 is 14.7 Å². The van der Waals surface area contributed by atoms with E-state index in [9.17, 15) is 14.7 Å². The number of carboxylic acids is 1. The molecule has 0 aliphatic heterocycles. The van der Waals surface area contributed by atoms with E-state index in [2.05, 4.69) is 19.2 Å². The number of nitrogens with one attached hydrogen (secondary N) is 1. The molecular formula is C15H23NO3. The van der Waals surface area contributed by atoms with E-state index >= 15 is 0 Å². The van der Waals surface area contributed by atoms with Crippen LogP contribution < -0.4 is 5.32 Å². The predicted molar refractivity (Wildman–Crippen MR) is 72.4 cm³/mol. The number of allylic oxidation sites excluding steroid dienone is 2. The third-order valence-electron chi connectivity index (χ3n) is 4.30. The van der Waals surface area contributed by atoms with Gasteiger partial charge in [-0.3, -0.25) is 9.59 Å². The van der Waals surface area contributed by atoms with Crippen molar-refractivity contribution in [1.29, 1.82) is 0 Å². The van der Waals surface area contributed by atoms with Crippen LogP contribution in [0.25, 0.3) is 0 Å². The van der Waals surface area contributed by atoms with Gasteiger partial charge in [0.05, 0.1) is 11.8 Å². The van der Waals surface area contributed by atoms with E-state index in [1.54, 1.807) is 0 Å². The van der Waals surface area contributed by atoms with Gasteiger partial charge in [-0.05, 0) is 37.0 Å². The zero-order valence-electron chi connectivity index (χ0n) is 11.6. The first-order valence-corrected chi connectivity index (χ1v) is 7.19. The van der Waals surface area contributed by atoms with Crippen LogP contribution in [0.3, 0.4) is 0 Å². The molecule has 106 valence electrons. The van der Waals surface area contributed by atoms with Crippen molar-refractivity contribution in [3.8, 4) is 0 Å². The lowest BCUT2D eigenvalue weighted by molar-refractivity contribution is -0.147. The van der Waals surface area contributed by atoms with E-state index in [0.29, 0.717) is 12.5 Å². The fourth-order valence-electron chi connectivity index (χ4n) is 3.36. The van der Waals surface area contributed by atoms with Crippen molar-refractivity contribution in [3.63, 3.8) is 0 Å². The summed E-state index contributed by atoms with van der Waals surface area (Å²) in [5, 5.41) is 12.2. The molecule has 2 bridgehead atoms. The van der Waals surface area contributed by atoms with Crippen molar-refractivity contribution in [2.24, 2.45) is 29.6 Å². The Bertz CT molecular complexity index is 389. The largest absolute Gasteiger partial charge is 0.481 e. The normalized spacial score (nSPS) is 31.9. The van der Waals surface area contributed by atoms with Crippen LogP contribution in [0.2, 0.25) is 0 Å². The van der Waals surface area contributed by atoms with E-state index < -0.39 is 11.9 Å². The predicted octanol–water partition coefficient (Wildman–Crippen LogP) is 2.06. The van der Waals surface area contributed by atoms with E-state index in [0.717, 1.165) is 19.3 Å². The van der Waals surface area contributed by atoms with Crippen molar-refractivity contribution in [1.82, 2.24) is 5.32 Å². The Hall–Kier alpha value is -1.32. The molecule has 0 heterocycles. The van der Waals surface area contributed by atoms with Crippen LogP contribution >= 0.6 is 0 Å². The van der Waals surface area contributed by atoms with Gasteiger partial charge < -0.3 is 10.4 Å². The molecule has 4 nitrogen and oxygen atoms in total. The Morgan fingerprint density at radius 1 is 1.26 bits per heavy atom. The van der Waals surface area contributed by atoms with Gasteiger partial charge in [-0.1, -0.05) is 26.0 Å². The summed E-state index contributed by atoms with van der Waals surface area (Å²) in [6.45, 7) is 4.97. The number of rotatable bonds is 6. The van der Waals surface area contributed by atoms with E-state index in [1.165, 1.54) is 0 Å². The van der Waals surface area contributed by atoms with Crippen LogP contribution in [0, 0.1) is 29.6 Å². The first kappa shape index (κ1) is 14.1. The molecule has 0 saturated heterocycles. The Balaban J connectivity index is 1.88. The maximum Gasteiger partial charge on any atom is 0.307 e. The van der Waals surface area contributed by atoms with Crippen molar-refractivity contribution in [2.75, 3.05) is 6.54 Å². The molecule has 1 saturated carbocycles. The van der Waals surface area contributed by atoms with Crippen molar-refractivity contribution >= 4 is 11.9 Å². The van der Waals surface area contributed by atoms with Gasteiger partial charge in [0.25, 0.3) is 0 Å². The second-order valence-corrected chi connectivity index (χ2v) is 6.17. The smallest absolute Gasteiger partial charge is 0.307 e. The summed E-state index contributed by atoms with van der Waals surface area (Å²) in [5.74, 6) is -1.00. The number of carbonyl (C=O) groups is 2. The Morgan fingerprint density at radius 2 is 1.89 bits per heavy atom. The molecule has 1 amide bonds. The van der Waals surface area contributed by atoms with E-state index in [1.807, 2.05) is 12.2 Å². The maximum atomic E-state index is 12.2. The molecule has 0 aromatic rings. The highest BCUT2D eigenvalue weighted by Crippen LogP contribution is 2.48. The van der Waals surface area contributed by atoms with Crippen LogP contribution in [-0.4, -0.2) is 23.5 Å². The minimum atomic E-state index is -0.834. The summed E-state index contributed by atoms with van der Waals surface area (Å²) in [6.07, 6.45) is 6.84. The molecular weight excluding hydrogens is 242 g/mol. The van der Waals surface area contributed by atoms with Gasteiger partial charge in [0.2, 0.25) is 5.91 Å². The van der Waals surface area contributed by atoms with Gasteiger partial charge in [-0.25, -0.2) is 0 Å².